The fourth-order valence-electron chi connectivity index (χ4n) is 7.95. The van der Waals surface area contributed by atoms with Gasteiger partial charge in [-0.2, -0.15) is 0 Å². The van der Waals surface area contributed by atoms with Crippen molar-refractivity contribution in [3.63, 3.8) is 0 Å². The minimum absolute atomic E-state index is 0.0432. The zero-order chi connectivity index (χ0) is 44.9. The largest absolute Gasteiger partial charge is 0.465 e. The van der Waals surface area contributed by atoms with Gasteiger partial charge in [0.05, 0.1) is 55.2 Å². The maximum atomic E-state index is 13.4. The van der Waals surface area contributed by atoms with E-state index in [2.05, 4.69) is 48.1 Å². The summed E-state index contributed by atoms with van der Waals surface area (Å²) in [7, 11) is -5.78. The van der Waals surface area contributed by atoms with E-state index >= 15 is 0 Å². The number of benzene rings is 4. The molecule has 62 heavy (non-hydrogen) atoms. The van der Waals surface area contributed by atoms with Crippen molar-refractivity contribution in [3.8, 4) is 0 Å². The van der Waals surface area contributed by atoms with Crippen molar-refractivity contribution in [2.75, 3.05) is 73.0 Å². The number of carbonyl (C=O) groups is 2. The molecule has 2 fully saturated rings. The van der Waals surface area contributed by atoms with E-state index in [0.717, 1.165) is 37.3 Å². The number of para-hydroxylation sites is 2. The van der Waals surface area contributed by atoms with Gasteiger partial charge < -0.3 is 21.1 Å². The third kappa shape index (κ3) is 14.2. The van der Waals surface area contributed by atoms with E-state index in [0.29, 0.717) is 59.8 Å². The average molecular weight is 890 g/mol. The van der Waals surface area contributed by atoms with Gasteiger partial charge in [-0.05, 0) is 75.2 Å². The first-order chi connectivity index (χ1) is 29.6. The van der Waals surface area contributed by atoms with E-state index in [-0.39, 0.29) is 36.9 Å². The molecule has 0 aromatic heterocycles. The van der Waals surface area contributed by atoms with Crippen molar-refractivity contribution in [2.45, 2.75) is 65.0 Å². The second-order valence-corrected chi connectivity index (χ2v) is 20.3. The van der Waals surface area contributed by atoms with Gasteiger partial charge in [-0.25, -0.2) is 21.6 Å². The Hall–Kier alpha value is -4.68. The Morgan fingerprint density at radius 3 is 1.29 bits per heavy atom. The molecule has 0 bridgehead atoms. The van der Waals surface area contributed by atoms with Crippen LogP contribution in [0.5, 0.6) is 0 Å². The smallest absolute Gasteiger partial charge is 0.337 e. The van der Waals surface area contributed by atoms with Gasteiger partial charge in [0.15, 0.2) is 5.78 Å². The van der Waals surface area contributed by atoms with Crippen LogP contribution in [-0.4, -0.2) is 127 Å². The highest BCUT2D eigenvalue weighted by atomic mass is 32.2. The lowest BCUT2D eigenvalue weighted by atomic mass is 10.1. The average Bonchev–Trinajstić information content (AvgIpc) is 3.26. The lowest BCUT2D eigenvalue weighted by Gasteiger charge is -2.36. The van der Waals surface area contributed by atoms with Crippen molar-refractivity contribution in [1.29, 1.82) is 0 Å². The molecule has 4 aromatic rings. The quantitative estimate of drug-likeness (QED) is 0.101. The lowest BCUT2D eigenvalue weighted by molar-refractivity contribution is 0.0600. The number of rotatable bonds is 17. The Labute approximate surface area is 368 Å². The Bertz CT molecular complexity index is 2070. The molecule has 4 N–H and O–H groups in total. The highest BCUT2D eigenvalue weighted by Crippen LogP contribution is 2.24. The molecule has 2 aliphatic rings. The maximum absolute atomic E-state index is 13.4. The summed E-state index contributed by atoms with van der Waals surface area (Å²) in [6.45, 7) is 13.1. The maximum Gasteiger partial charge on any atom is 0.337 e. The van der Waals surface area contributed by atoms with Crippen LogP contribution in [0.15, 0.2) is 109 Å². The molecule has 0 amide bonds. The second-order valence-electron chi connectivity index (χ2n) is 16.3. The third-order valence-electron chi connectivity index (χ3n) is 10.8. The molecule has 4 atom stereocenters. The molecule has 2 saturated heterocycles. The van der Waals surface area contributed by atoms with Crippen LogP contribution in [0.4, 0.5) is 11.4 Å². The zero-order valence-corrected chi connectivity index (χ0v) is 38.2. The van der Waals surface area contributed by atoms with Crippen LogP contribution >= 0.6 is 0 Å². The van der Waals surface area contributed by atoms with Crippen molar-refractivity contribution in [1.82, 2.24) is 20.4 Å². The SMILES string of the molecule is COC(=O)c1ccc(CN(c2ccccc2)S(=O)(=O)CCN2C[C@@H](C)N[C@@H](C)C2)cc1.C[C@@H]1CN(CCS(=O)(=O)N(Cc2ccc(C(=O)CN)cc2)c2ccccc2)C[C@H](C)N1. The number of piperazine rings is 2. The standard InChI is InChI=1S/C23H32N4O3S.C23H31N3O4S/c1-18-15-26(16-19(2)25-18)12-13-31(29,30)27(22-6-4-3-5-7-22)17-20-8-10-21(11-9-20)23(28)14-24;1-18-15-25(16-19(2)24-18)13-14-31(28,29)26(22-7-5-4-6-8-22)17-20-9-11-21(12-10-20)23(27)30-3/h3-11,18-19,25H,12-17,24H2,1-2H3;4-12,18-19,24H,13-17H2,1-3H3/t2*18-,19+. The van der Waals surface area contributed by atoms with Crippen LogP contribution < -0.4 is 25.0 Å². The summed E-state index contributed by atoms with van der Waals surface area (Å²) in [5, 5.41) is 6.94. The Morgan fingerprint density at radius 1 is 0.597 bits per heavy atom. The first-order valence-corrected chi connectivity index (χ1v) is 24.4. The second kappa shape index (κ2) is 22.6. The molecule has 0 unspecified atom stereocenters. The Kier molecular flexibility index (Phi) is 17.6. The number of hydrogen-bond donors (Lipinski definition) is 3. The summed E-state index contributed by atoms with van der Waals surface area (Å²) in [5.74, 6) is -0.468. The minimum atomic E-state index is -3.56. The zero-order valence-electron chi connectivity index (χ0n) is 36.5. The van der Waals surface area contributed by atoms with Gasteiger partial charge in [-0.1, -0.05) is 72.8 Å². The first kappa shape index (κ1) is 48.4. The summed E-state index contributed by atoms with van der Waals surface area (Å²) < 4.78 is 61.1. The molecule has 4 aromatic carbocycles. The molecule has 2 heterocycles. The van der Waals surface area contributed by atoms with E-state index in [1.807, 2.05) is 36.4 Å². The highest BCUT2D eigenvalue weighted by Gasteiger charge is 2.28. The van der Waals surface area contributed by atoms with Crippen molar-refractivity contribution in [3.05, 3.63) is 131 Å². The first-order valence-electron chi connectivity index (χ1n) is 21.1. The number of sulfonamides is 2. The summed E-state index contributed by atoms with van der Waals surface area (Å²) in [6, 6.07) is 33.4. The van der Waals surface area contributed by atoms with Gasteiger partial charge in [-0.15, -0.1) is 0 Å². The predicted octanol–water partition coefficient (Wildman–Crippen LogP) is 4.34. The lowest BCUT2D eigenvalue weighted by Crippen LogP contribution is -2.55. The molecule has 0 radical (unpaired) electrons. The topological polar surface area (TPSA) is 175 Å². The third-order valence-corrected chi connectivity index (χ3v) is 14.3. The van der Waals surface area contributed by atoms with Crippen molar-refractivity contribution < 1.29 is 31.2 Å². The van der Waals surface area contributed by atoms with E-state index in [1.165, 1.54) is 15.7 Å². The fourth-order valence-corrected chi connectivity index (χ4v) is 10.9. The number of carbonyl (C=O) groups excluding carboxylic acids is 2. The normalized spacial score (nSPS) is 19.8. The molecule has 2 aliphatic heterocycles. The van der Waals surface area contributed by atoms with Gasteiger partial charge >= 0.3 is 5.97 Å². The van der Waals surface area contributed by atoms with Crippen LogP contribution in [0.2, 0.25) is 0 Å². The number of nitrogens with zero attached hydrogens (tertiary/aromatic N) is 4. The monoisotopic (exact) mass is 889 g/mol. The predicted molar refractivity (Wildman–Crippen MR) is 247 cm³/mol. The minimum Gasteiger partial charge on any atom is -0.465 e. The van der Waals surface area contributed by atoms with Gasteiger partial charge in [0, 0.05) is 69.0 Å². The fraction of sp³-hybridized carbons (Fsp3) is 0.435. The molecular formula is C46H63N7O7S2. The number of nitrogens with two attached hydrogens (primary N) is 1. The number of ether oxygens (including phenoxy) is 1. The number of nitrogens with one attached hydrogen (secondary N) is 2. The van der Waals surface area contributed by atoms with Gasteiger partial charge in [0.1, 0.15) is 0 Å². The van der Waals surface area contributed by atoms with Crippen LogP contribution in [-0.2, 0) is 37.9 Å². The molecule has 16 heteroatoms. The van der Waals surface area contributed by atoms with Gasteiger partial charge in [-0.3, -0.25) is 23.2 Å². The number of hydrogen-bond acceptors (Lipinski definition) is 12. The Balaban J connectivity index is 0.000000234. The number of Topliss-reactive ketones (excluding diaryl/α,β-unsaturated/α-hetero) is 1. The van der Waals surface area contributed by atoms with Crippen LogP contribution in [0.25, 0.3) is 0 Å². The highest BCUT2D eigenvalue weighted by molar-refractivity contribution is 7.93. The summed E-state index contributed by atoms with van der Waals surface area (Å²) in [5.41, 5.74) is 9.25. The number of methoxy groups -OCH3 is 1. The molecule has 0 spiro atoms. The summed E-state index contributed by atoms with van der Waals surface area (Å²) >= 11 is 0. The Morgan fingerprint density at radius 2 is 0.952 bits per heavy atom. The van der Waals surface area contributed by atoms with E-state index in [1.54, 1.807) is 72.8 Å². The summed E-state index contributed by atoms with van der Waals surface area (Å²) in [6.07, 6.45) is 0. The number of esters is 1. The molecule has 336 valence electrons. The molecule has 0 saturated carbocycles. The van der Waals surface area contributed by atoms with E-state index in [9.17, 15) is 26.4 Å². The van der Waals surface area contributed by atoms with Gasteiger partial charge in [0.2, 0.25) is 20.0 Å². The van der Waals surface area contributed by atoms with E-state index < -0.39 is 26.0 Å². The van der Waals surface area contributed by atoms with Crippen molar-refractivity contribution >= 4 is 43.2 Å². The van der Waals surface area contributed by atoms with Crippen molar-refractivity contribution in [2.24, 2.45) is 5.73 Å². The number of anilines is 2. The molecular weight excluding hydrogens is 827 g/mol. The summed E-state index contributed by atoms with van der Waals surface area (Å²) in [4.78, 5) is 27.9. The van der Waals surface area contributed by atoms with E-state index in [4.69, 9.17) is 10.5 Å². The molecule has 6 rings (SSSR count). The number of ketones is 1. The molecule has 14 nitrogen and oxygen atoms in total. The van der Waals surface area contributed by atoms with Crippen LogP contribution in [0.1, 0.15) is 59.5 Å². The van der Waals surface area contributed by atoms with Gasteiger partial charge in [0.25, 0.3) is 0 Å². The van der Waals surface area contributed by atoms with Crippen LogP contribution in [0, 0.1) is 0 Å². The molecule has 0 aliphatic carbocycles. The van der Waals surface area contributed by atoms with Crippen LogP contribution in [0.3, 0.4) is 0 Å².